The summed E-state index contributed by atoms with van der Waals surface area (Å²) in [6.45, 7) is 3.34. The van der Waals surface area contributed by atoms with Gasteiger partial charge in [0.2, 0.25) is 6.29 Å². The summed E-state index contributed by atoms with van der Waals surface area (Å²) in [5, 5.41) is 3.03. The van der Waals surface area contributed by atoms with Crippen LogP contribution in [0.3, 0.4) is 0 Å². The molecule has 0 unspecified atom stereocenters. The number of ether oxygens (including phenoxy) is 2. The monoisotopic (exact) mass is 171 g/mol. The van der Waals surface area contributed by atoms with E-state index in [4.69, 9.17) is 9.47 Å². The van der Waals surface area contributed by atoms with Gasteiger partial charge in [0.05, 0.1) is 18.2 Å². The van der Waals surface area contributed by atoms with Crippen LogP contribution in [0, 0.1) is 6.92 Å². The molecule has 0 N–H and O–H groups in total. The number of nitrogens with zero attached hydrogens (tertiary/aromatic N) is 1. The molecule has 11 heavy (non-hydrogen) atoms. The van der Waals surface area contributed by atoms with Gasteiger partial charge in [-0.2, -0.15) is 0 Å². The zero-order valence-electron chi connectivity index (χ0n) is 6.24. The molecule has 1 saturated heterocycles. The summed E-state index contributed by atoms with van der Waals surface area (Å²) >= 11 is 1.62. The van der Waals surface area contributed by atoms with Crippen LogP contribution in [-0.4, -0.2) is 18.2 Å². The van der Waals surface area contributed by atoms with Crippen LogP contribution in [0.1, 0.15) is 17.0 Å². The quantitative estimate of drug-likeness (QED) is 0.641. The first kappa shape index (κ1) is 7.21. The van der Waals surface area contributed by atoms with E-state index in [9.17, 15) is 0 Å². The van der Waals surface area contributed by atoms with Crippen molar-refractivity contribution < 1.29 is 9.47 Å². The summed E-state index contributed by atoms with van der Waals surface area (Å²) < 4.78 is 10.5. The van der Waals surface area contributed by atoms with Crippen molar-refractivity contribution in [3.05, 3.63) is 16.1 Å². The second-order valence-corrected chi connectivity index (χ2v) is 3.43. The summed E-state index contributed by atoms with van der Waals surface area (Å²) in [6, 6.07) is 0. The van der Waals surface area contributed by atoms with Gasteiger partial charge in [0.15, 0.2) is 0 Å². The lowest BCUT2D eigenvalue weighted by atomic mass is 10.5. The molecule has 60 valence electrons. The maximum Gasteiger partial charge on any atom is 0.202 e. The second-order valence-electron chi connectivity index (χ2n) is 2.36. The fourth-order valence-corrected chi connectivity index (χ4v) is 1.63. The fraction of sp³-hybridized carbons (Fsp3) is 0.571. The normalized spacial score (nSPS) is 19.4. The standard InChI is InChI=1S/C7H9NO2S/c1-5-8-6(4-11-5)7-9-2-3-10-7/h4,7H,2-3H2,1H3. The van der Waals surface area contributed by atoms with Crippen LogP contribution in [0.2, 0.25) is 0 Å². The van der Waals surface area contributed by atoms with Gasteiger partial charge in [-0.1, -0.05) is 0 Å². The first-order chi connectivity index (χ1) is 5.36. The Labute approximate surface area is 69.0 Å². The van der Waals surface area contributed by atoms with Crippen molar-refractivity contribution in [3.63, 3.8) is 0 Å². The Balaban J connectivity index is 2.15. The Morgan fingerprint density at radius 1 is 1.55 bits per heavy atom. The highest BCUT2D eigenvalue weighted by Crippen LogP contribution is 2.23. The molecule has 0 radical (unpaired) electrons. The number of thiazole rings is 1. The number of aryl methyl sites for hydroxylation is 1. The van der Waals surface area contributed by atoms with Crippen molar-refractivity contribution in [2.75, 3.05) is 13.2 Å². The highest BCUT2D eigenvalue weighted by molar-refractivity contribution is 7.09. The lowest BCUT2D eigenvalue weighted by Gasteiger charge is -2.03. The van der Waals surface area contributed by atoms with E-state index < -0.39 is 0 Å². The molecule has 4 heteroatoms. The molecule has 0 atom stereocenters. The van der Waals surface area contributed by atoms with E-state index in [1.807, 2.05) is 12.3 Å². The summed E-state index contributed by atoms with van der Waals surface area (Å²) in [4.78, 5) is 4.26. The summed E-state index contributed by atoms with van der Waals surface area (Å²) in [5.41, 5.74) is 0.907. The van der Waals surface area contributed by atoms with Gasteiger partial charge < -0.3 is 9.47 Å². The molecule has 0 bridgehead atoms. The minimum Gasteiger partial charge on any atom is -0.345 e. The van der Waals surface area contributed by atoms with E-state index in [2.05, 4.69) is 4.98 Å². The largest absolute Gasteiger partial charge is 0.345 e. The van der Waals surface area contributed by atoms with Gasteiger partial charge in [-0.15, -0.1) is 11.3 Å². The molecule has 2 heterocycles. The molecule has 0 aromatic carbocycles. The van der Waals surface area contributed by atoms with Crippen molar-refractivity contribution in [1.82, 2.24) is 4.98 Å². The predicted octanol–water partition coefficient (Wildman–Crippen LogP) is 1.50. The smallest absolute Gasteiger partial charge is 0.202 e. The summed E-state index contributed by atoms with van der Waals surface area (Å²) in [6.07, 6.45) is -0.208. The molecule has 1 aromatic heterocycles. The van der Waals surface area contributed by atoms with Crippen LogP contribution >= 0.6 is 11.3 Å². The summed E-state index contributed by atoms with van der Waals surface area (Å²) in [7, 11) is 0. The van der Waals surface area contributed by atoms with Gasteiger partial charge >= 0.3 is 0 Å². The van der Waals surface area contributed by atoms with E-state index in [1.54, 1.807) is 11.3 Å². The van der Waals surface area contributed by atoms with Gasteiger partial charge in [0.1, 0.15) is 5.69 Å². The zero-order chi connectivity index (χ0) is 7.68. The third-order valence-electron chi connectivity index (χ3n) is 1.50. The van der Waals surface area contributed by atoms with Gasteiger partial charge in [0.25, 0.3) is 0 Å². The number of aromatic nitrogens is 1. The molecule has 3 nitrogen and oxygen atoms in total. The third-order valence-corrected chi connectivity index (χ3v) is 2.29. The zero-order valence-corrected chi connectivity index (χ0v) is 7.06. The molecule has 0 amide bonds. The van der Waals surface area contributed by atoms with Gasteiger partial charge in [-0.05, 0) is 6.92 Å². The number of hydrogen-bond acceptors (Lipinski definition) is 4. The fourth-order valence-electron chi connectivity index (χ4n) is 1.02. The SMILES string of the molecule is Cc1nc(C2OCCO2)cs1. The van der Waals surface area contributed by atoms with Crippen LogP contribution in [-0.2, 0) is 9.47 Å². The maximum atomic E-state index is 5.27. The van der Waals surface area contributed by atoms with E-state index in [-0.39, 0.29) is 6.29 Å². The average Bonchev–Trinajstić information content (AvgIpc) is 2.55. The topological polar surface area (TPSA) is 31.4 Å². The molecule has 0 aliphatic carbocycles. The lowest BCUT2D eigenvalue weighted by Crippen LogP contribution is -1.97. The molecule has 0 saturated carbocycles. The van der Waals surface area contributed by atoms with E-state index in [0.29, 0.717) is 13.2 Å². The second kappa shape index (κ2) is 2.89. The molecule has 1 aliphatic heterocycles. The highest BCUT2D eigenvalue weighted by Gasteiger charge is 2.20. The Bertz CT molecular complexity index is 242. The highest BCUT2D eigenvalue weighted by atomic mass is 32.1. The van der Waals surface area contributed by atoms with Crippen LogP contribution in [0.25, 0.3) is 0 Å². The van der Waals surface area contributed by atoms with Crippen molar-refractivity contribution >= 4 is 11.3 Å². The van der Waals surface area contributed by atoms with Gasteiger partial charge in [0, 0.05) is 5.38 Å². The first-order valence-electron chi connectivity index (χ1n) is 3.51. The summed E-state index contributed by atoms with van der Waals surface area (Å²) in [5.74, 6) is 0. The Morgan fingerprint density at radius 3 is 2.82 bits per heavy atom. The van der Waals surface area contributed by atoms with Crippen molar-refractivity contribution in [1.29, 1.82) is 0 Å². The van der Waals surface area contributed by atoms with Crippen molar-refractivity contribution in [2.45, 2.75) is 13.2 Å². The van der Waals surface area contributed by atoms with E-state index in [0.717, 1.165) is 10.7 Å². The van der Waals surface area contributed by atoms with Gasteiger partial charge in [-0.25, -0.2) is 4.98 Å². The van der Waals surface area contributed by atoms with Crippen molar-refractivity contribution in [3.8, 4) is 0 Å². The van der Waals surface area contributed by atoms with Crippen LogP contribution in [0.15, 0.2) is 5.38 Å². The van der Waals surface area contributed by atoms with Crippen LogP contribution in [0.4, 0.5) is 0 Å². The number of rotatable bonds is 1. The molecule has 1 aliphatic rings. The molecular weight excluding hydrogens is 162 g/mol. The minimum absolute atomic E-state index is 0.208. The average molecular weight is 171 g/mol. The molecule has 1 fully saturated rings. The Morgan fingerprint density at radius 2 is 2.27 bits per heavy atom. The third kappa shape index (κ3) is 1.42. The van der Waals surface area contributed by atoms with E-state index >= 15 is 0 Å². The Hall–Kier alpha value is -0.450. The molecule has 1 aromatic rings. The van der Waals surface area contributed by atoms with E-state index in [1.165, 1.54) is 0 Å². The van der Waals surface area contributed by atoms with Gasteiger partial charge in [-0.3, -0.25) is 0 Å². The lowest BCUT2D eigenvalue weighted by molar-refractivity contribution is -0.0469. The van der Waals surface area contributed by atoms with Crippen LogP contribution < -0.4 is 0 Å². The predicted molar refractivity (Wildman–Crippen MR) is 41.5 cm³/mol. The Kier molecular flexibility index (Phi) is 1.89. The van der Waals surface area contributed by atoms with Crippen LogP contribution in [0.5, 0.6) is 0 Å². The first-order valence-corrected chi connectivity index (χ1v) is 4.39. The number of hydrogen-bond donors (Lipinski definition) is 0. The molecule has 2 rings (SSSR count). The molecule has 0 spiro atoms. The maximum absolute atomic E-state index is 5.27. The minimum atomic E-state index is -0.208. The molecular formula is C7H9NO2S. The van der Waals surface area contributed by atoms with Crippen molar-refractivity contribution in [2.24, 2.45) is 0 Å².